The summed E-state index contributed by atoms with van der Waals surface area (Å²) in [6, 6.07) is 22.0. The van der Waals surface area contributed by atoms with Crippen molar-refractivity contribution in [3.63, 3.8) is 0 Å². The first-order valence-corrected chi connectivity index (χ1v) is 14.2. The van der Waals surface area contributed by atoms with Gasteiger partial charge in [-0.25, -0.2) is 19.3 Å². The van der Waals surface area contributed by atoms with E-state index in [2.05, 4.69) is 30.8 Å². The van der Waals surface area contributed by atoms with E-state index in [1.807, 2.05) is 60.0 Å². The average Bonchev–Trinajstić information content (AvgIpc) is 3.67. The van der Waals surface area contributed by atoms with E-state index in [4.69, 9.17) is 4.98 Å². The molecule has 0 bridgehead atoms. The van der Waals surface area contributed by atoms with Gasteiger partial charge in [-0.05, 0) is 80.4 Å². The van der Waals surface area contributed by atoms with E-state index in [1.54, 1.807) is 30.6 Å². The molecule has 5 aromatic rings. The summed E-state index contributed by atoms with van der Waals surface area (Å²) in [6.07, 6.45) is 4.10. The first-order chi connectivity index (χ1) is 20.6. The lowest BCUT2D eigenvalue weighted by atomic mass is 10.1. The van der Waals surface area contributed by atoms with Crippen molar-refractivity contribution in [1.29, 1.82) is 0 Å². The zero-order valence-electron chi connectivity index (χ0n) is 23.5. The molecule has 0 aliphatic carbocycles. The van der Waals surface area contributed by atoms with E-state index >= 15 is 0 Å². The second-order valence-corrected chi connectivity index (χ2v) is 10.4. The lowest BCUT2D eigenvalue weighted by molar-refractivity contribution is 0.102. The minimum Gasteiger partial charge on any atom is -0.369 e. The summed E-state index contributed by atoms with van der Waals surface area (Å²) in [6.45, 7) is 5.46. The molecular weight excluding hydrogens is 531 g/mol. The Hall–Kier alpha value is -4.83. The number of imidazole rings is 1. The monoisotopic (exact) mass is 564 g/mol. The number of carbonyl (C=O) groups is 1. The number of nitrogens with zero attached hydrogens (tertiary/aromatic N) is 5. The van der Waals surface area contributed by atoms with Crippen molar-refractivity contribution >= 4 is 40.1 Å². The van der Waals surface area contributed by atoms with Crippen LogP contribution in [0.1, 0.15) is 34.3 Å². The number of hydrogen-bond donors (Lipinski definition) is 3. The molecule has 1 saturated heterocycles. The van der Waals surface area contributed by atoms with Crippen molar-refractivity contribution in [1.82, 2.24) is 24.4 Å². The molecule has 0 unspecified atom stereocenters. The molecule has 0 saturated carbocycles. The Bertz CT molecular complexity index is 1710. The molecule has 1 aliphatic rings. The number of carbonyl (C=O) groups excluding carboxylic acids is 1. The van der Waals surface area contributed by atoms with E-state index in [9.17, 15) is 9.18 Å². The van der Waals surface area contributed by atoms with Gasteiger partial charge in [-0.1, -0.05) is 30.3 Å². The zero-order chi connectivity index (χ0) is 28.9. The standard InChI is InChI=1S/C32H33FN8O/c1-22-11-12-25(37-31(42)24-8-6-7-23(17-24)20-33)18-27(22)39-32-38-26-9-2-3-10-28(26)41(32)30-19-29(35-21-36-30)34-13-16-40-14-4-5-15-40/h2-3,6-12,17-19,21H,4-5,13-16,20H2,1H3,(H,37,42)(H,38,39)(H,34,35,36). The maximum Gasteiger partial charge on any atom is 0.255 e. The number of benzene rings is 3. The quantitative estimate of drug-likeness (QED) is 0.189. The summed E-state index contributed by atoms with van der Waals surface area (Å²) >= 11 is 0. The minimum atomic E-state index is -0.622. The van der Waals surface area contributed by atoms with Gasteiger partial charge in [0.2, 0.25) is 5.95 Å². The van der Waals surface area contributed by atoms with Crippen LogP contribution in [0.3, 0.4) is 0 Å². The Morgan fingerprint density at radius 3 is 2.69 bits per heavy atom. The highest BCUT2D eigenvalue weighted by molar-refractivity contribution is 6.04. The molecule has 6 rings (SSSR count). The number of amides is 1. The number of aromatic nitrogens is 4. The second-order valence-electron chi connectivity index (χ2n) is 10.4. The van der Waals surface area contributed by atoms with Crippen LogP contribution in [0.4, 0.5) is 27.5 Å². The van der Waals surface area contributed by atoms with Crippen molar-refractivity contribution in [2.24, 2.45) is 0 Å². The summed E-state index contributed by atoms with van der Waals surface area (Å²) in [7, 11) is 0. The average molecular weight is 565 g/mol. The van der Waals surface area contributed by atoms with Crippen LogP contribution in [0.25, 0.3) is 16.9 Å². The smallest absolute Gasteiger partial charge is 0.255 e. The maximum atomic E-state index is 13.1. The van der Waals surface area contributed by atoms with Crippen LogP contribution < -0.4 is 16.0 Å². The largest absolute Gasteiger partial charge is 0.369 e. The van der Waals surface area contributed by atoms with Crippen LogP contribution in [0.5, 0.6) is 0 Å². The Labute approximate surface area is 243 Å². The number of para-hydroxylation sites is 2. The van der Waals surface area contributed by atoms with Gasteiger partial charge >= 0.3 is 0 Å². The highest BCUT2D eigenvalue weighted by atomic mass is 19.1. The number of alkyl halides is 1. The third-order valence-electron chi connectivity index (χ3n) is 7.46. The van der Waals surface area contributed by atoms with E-state index < -0.39 is 6.67 Å². The van der Waals surface area contributed by atoms with Gasteiger partial charge in [-0.3, -0.25) is 9.36 Å². The lowest BCUT2D eigenvalue weighted by Crippen LogP contribution is -2.26. The highest BCUT2D eigenvalue weighted by Gasteiger charge is 2.16. The molecule has 1 amide bonds. The van der Waals surface area contributed by atoms with Crippen LogP contribution in [-0.4, -0.2) is 56.5 Å². The van der Waals surface area contributed by atoms with Crippen LogP contribution in [0.15, 0.2) is 79.1 Å². The SMILES string of the molecule is Cc1ccc(NC(=O)c2cccc(CF)c2)cc1Nc1nc2ccccc2n1-c1cc(NCCN2CCCC2)ncn1. The van der Waals surface area contributed by atoms with Gasteiger partial charge in [-0.2, -0.15) is 0 Å². The van der Waals surface area contributed by atoms with Gasteiger partial charge < -0.3 is 20.9 Å². The summed E-state index contributed by atoms with van der Waals surface area (Å²) < 4.78 is 15.1. The number of aryl methyl sites for hydroxylation is 1. The number of fused-ring (bicyclic) bond motifs is 1. The fourth-order valence-electron chi connectivity index (χ4n) is 5.21. The number of likely N-dealkylation sites (tertiary alicyclic amines) is 1. The summed E-state index contributed by atoms with van der Waals surface area (Å²) in [5, 5.41) is 9.82. The van der Waals surface area contributed by atoms with E-state index in [-0.39, 0.29) is 5.91 Å². The number of anilines is 4. The molecule has 214 valence electrons. The second kappa shape index (κ2) is 12.4. The van der Waals surface area contributed by atoms with Crippen LogP contribution in [-0.2, 0) is 6.67 Å². The van der Waals surface area contributed by atoms with Crippen molar-refractivity contribution in [2.75, 3.05) is 42.1 Å². The number of halogens is 1. The fraction of sp³-hybridized carbons (Fsp3) is 0.250. The molecule has 3 heterocycles. The summed E-state index contributed by atoms with van der Waals surface area (Å²) in [5.41, 5.74) is 4.93. The summed E-state index contributed by atoms with van der Waals surface area (Å²) in [5.74, 6) is 1.71. The molecule has 3 N–H and O–H groups in total. The van der Waals surface area contributed by atoms with E-state index in [0.717, 1.165) is 54.3 Å². The van der Waals surface area contributed by atoms with Crippen molar-refractivity contribution in [3.8, 4) is 5.82 Å². The van der Waals surface area contributed by atoms with E-state index in [0.29, 0.717) is 28.6 Å². The Kier molecular flexibility index (Phi) is 8.05. The fourth-order valence-corrected chi connectivity index (χ4v) is 5.21. The molecule has 3 aromatic carbocycles. The molecule has 1 aliphatic heterocycles. The molecule has 2 aromatic heterocycles. The Balaban J connectivity index is 1.26. The molecule has 1 fully saturated rings. The number of rotatable bonds is 10. The van der Waals surface area contributed by atoms with Crippen molar-refractivity contribution < 1.29 is 9.18 Å². The van der Waals surface area contributed by atoms with Crippen LogP contribution >= 0.6 is 0 Å². The lowest BCUT2D eigenvalue weighted by Gasteiger charge is -2.16. The van der Waals surface area contributed by atoms with Gasteiger partial charge in [0.1, 0.15) is 24.6 Å². The van der Waals surface area contributed by atoms with Gasteiger partial charge in [-0.15, -0.1) is 0 Å². The van der Waals surface area contributed by atoms with Crippen molar-refractivity contribution in [3.05, 3.63) is 95.8 Å². The zero-order valence-corrected chi connectivity index (χ0v) is 23.5. The topological polar surface area (TPSA) is 100 Å². The minimum absolute atomic E-state index is 0.307. The molecular formula is C32H33FN8O. The maximum absolute atomic E-state index is 13.1. The van der Waals surface area contributed by atoms with Crippen LogP contribution in [0.2, 0.25) is 0 Å². The van der Waals surface area contributed by atoms with Gasteiger partial charge in [0.25, 0.3) is 5.91 Å². The molecule has 0 radical (unpaired) electrons. The molecule has 0 spiro atoms. The third kappa shape index (κ3) is 6.08. The van der Waals surface area contributed by atoms with Crippen LogP contribution in [0, 0.1) is 6.92 Å². The predicted molar refractivity (Wildman–Crippen MR) is 164 cm³/mol. The van der Waals surface area contributed by atoms with Crippen molar-refractivity contribution in [2.45, 2.75) is 26.4 Å². The summed E-state index contributed by atoms with van der Waals surface area (Å²) in [4.78, 5) is 29.2. The van der Waals surface area contributed by atoms with E-state index in [1.165, 1.54) is 12.8 Å². The Morgan fingerprint density at radius 1 is 0.976 bits per heavy atom. The van der Waals surface area contributed by atoms with Gasteiger partial charge in [0.15, 0.2) is 0 Å². The normalized spacial score (nSPS) is 13.4. The molecule has 10 heteroatoms. The predicted octanol–water partition coefficient (Wildman–Crippen LogP) is 6.10. The number of hydrogen-bond acceptors (Lipinski definition) is 7. The number of nitrogens with one attached hydrogen (secondary N) is 3. The molecule has 0 atom stereocenters. The molecule has 42 heavy (non-hydrogen) atoms. The Morgan fingerprint density at radius 2 is 1.83 bits per heavy atom. The highest BCUT2D eigenvalue weighted by Crippen LogP contribution is 2.29. The van der Waals surface area contributed by atoms with Gasteiger partial charge in [0.05, 0.1) is 11.0 Å². The molecule has 9 nitrogen and oxygen atoms in total. The third-order valence-corrected chi connectivity index (χ3v) is 7.46. The van der Waals surface area contributed by atoms with Gasteiger partial charge in [0, 0.05) is 36.1 Å². The first-order valence-electron chi connectivity index (χ1n) is 14.2. The first kappa shape index (κ1) is 27.3.